The van der Waals surface area contributed by atoms with E-state index in [-0.39, 0.29) is 0 Å². The topological polar surface area (TPSA) is 53.4 Å². The summed E-state index contributed by atoms with van der Waals surface area (Å²) in [6.07, 6.45) is -5.93. The molecule has 0 amide bonds. The van der Waals surface area contributed by atoms with Crippen molar-refractivity contribution in [3.8, 4) is 10.6 Å². The van der Waals surface area contributed by atoms with Crippen molar-refractivity contribution < 1.29 is 23.4 Å². The summed E-state index contributed by atoms with van der Waals surface area (Å²) in [5.41, 5.74) is 0.878. The summed E-state index contributed by atoms with van der Waals surface area (Å²) in [4.78, 5) is 4.35. The molecule has 3 rings (SSSR count). The Bertz CT molecular complexity index is 810. The van der Waals surface area contributed by atoms with Crippen molar-refractivity contribution in [1.29, 1.82) is 0 Å². The molecule has 0 aliphatic rings. The highest BCUT2D eigenvalue weighted by molar-refractivity contribution is 7.21. The molecule has 2 aromatic carbocycles. The Hall–Kier alpha value is -1.96. The van der Waals surface area contributed by atoms with Gasteiger partial charge in [-0.25, -0.2) is 4.98 Å². The quantitative estimate of drug-likeness (QED) is 0.701. The molecule has 0 radical (unpaired) electrons. The third kappa shape index (κ3) is 2.83. The number of alkyl halides is 3. The molecular formula is C15H10F3NO2S. The highest BCUT2D eigenvalue weighted by atomic mass is 32.1. The fourth-order valence-electron chi connectivity index (χ4n) is 2.03. The van der Waals surface area contributed by atoms with E-state index in [0.717, 1.165) is 16.8 Å². The zero-order valence-corrected chi connectivity index (χ0v) is 11.8. The summed E-state index contributed by atoms with van der Waals surface area (Å²) in [7, 11) is 0. The molecule has 0 aliphatic carbocycles. The number of aromatic nitrogens is 1. The first kappa shape index (κ1) is 15.0. The molecule has 0 saturated heterocycles. The second-order valence-electron chi connectivity index (χ2n) is 4.69. The number of halogens is 3. The molecule has 3 aromatic rings. The van der Waals surface area contributed by atoms with Gasteiger partial charge in [-0.05, 0) is 24.3 Å². The molecule has 0 saturated carbocycles. The van der Waals surface area contributed by atoms with Gasteiger partial charge in [0, 0.05) is 11.1 Å². The van der Waals surface area contributed by atoms with E-state index in [4.69, 9.17) is 10.2 Å². The van der Waals surface area contributed by atoms with Crippen LogP contribution < -0.4 is 0 Å². The molecule has 0 atom stereocenters. The number of nitrogens with zero attached hydrogens (tertiary/aromatic N) is 1. The summed E-state index contributed by atoms with van der Waals surface area (Å²) in [5, 5.41) is 18.9. The molecule has 3 nitrogen and oxygen atoms in total. The predicted molar refractivity (Wildman–Crippen MR) is 77.2 cm³/mol. The van der Waals surface area contributed by atoms with Crippen LogP contribution in [0.4, 0.5) is 13.2 Å². The predicted octanol–water partition coefficient (Wildman–Crippen LogP) is 3.97. The number of benzene rings is 2. The van der Waals surface area contributed by atoms with Crippen LogP contribution >= 0.6 is 11.3 Å². The lowest BCUT2D eigenvalue weighted by atomic mass is 10.1. The van der Waals surface area contributed by atoms with Gasteiger partial charge in [-0.15, -0.1) is 11.3 Å². The number of aliphatic hydroxyl groups excluding tert-OH is 1. The van der Waals surface area contributed by atoms with Crippen molar-refractivity contribution in [3.05, 3.63) is 53.6 Å². The Morgan fingerprint density at radius 1 is 1.00 bits per heavy atom. The van der Waals surface area contributed by atoms with E-state index in [1.807, 2.05) is 0 Å². The lowest BCUT2D eigenvalue weighted by Crippen LogP contribution is -2.03. The Morgan fingerprint density at radius 3 is 2.27 bits per heavy atom. The first-order valence-electron chi connectivity index (χ1n) is 6.29. The lowest BCUT2D eigenvalue weighted by Gasteiger charge is -2.06. The van der Waals surface area contributed by atoms with Gasteiger partial charge in [0.2, 0.25) is 0 Å². The first-order chi connectivity index (χ1) is 10.3. The third-order valence-corrected chi connectivity index (χ3v) is 4.24. The minimum atomic E-state index is -4.36. The third-order valence-electron chi connectivity index (χ3n) is 3.17. The molecule has 0 unspecified atom stereocenters. The van der Waals surface area contributed by atoms with Crippen LogP contribution in [0.25, 0.3) is 20.8 Å². The van der Waals surface area contributed by atoms with Gasteiger partial charge in [-0.3, -0.25) is 0 Å². The van der Waals surface area contributed by atoms with Crippen molar-refractivity contribution in [3.63, 3.8) is 0 Å². The molecule has 114 valence electrons. The number of hydrogen-bond acceptors (Lipinski definition) is 4. The smallest absolute Gasteiger partial charge is 0.364 e. The van der Waals surface area contributed by atoms with E-state index in [9.17, 15) is 13.2 Å². The van der Waals surface area contributed by atoms with Crippen molar-refractivity contribution in [2.45, 2.75) is 12.5 Å². The summed E-state index contributed by atoms with van der Waals surface area (Å²) < 4.78 is 38.4. The highest BCUT2D eigenvalue weighted by Crippen LogP contribution is 2.34. The van der Waals surface area contributed by atoms with Crippen LogP contribution in [0.15, 0.2) is 42.5 Å². The molecule has 0 bridgehead atoms. The maximum absolute atomic E-state index is 12.5. The minimum Gasteiger partial charge on any atom is -0.364 e. The second-order valence-corrected chi connectivity index (χ2v) is 5.73. The van der Waals surface area contributed by atoms with Crippen molar-refractivity contribution in [2.24, 2.45) is 0 Å². The average molecular weight is 325 g/mol. The molecule has 1 heterocycles. The Morgan fingerprint density at radius 2 is 1.68 bits per heavy atom. The van der Waals surface area contributed by atoms with Crippen molar-refractivity contribution >= 4 is 21.6 Å². The number of aliphatic hydroxyl groups is 2. The number of hydrogen-bond donors (Lipinski definition) is 2. The van der Waals surface area contributed by atoms with Gasteiger partial charge in [0.25, 0.3) is 0 Å². The zero-order valence-electron chi connectivity index (χ0n) is 11.0. The minimum absolute atomic E-state index is 0.343. The molecule has 2 N–H and O–H groups in total. The maximum atomic E-state index is 12.5. The summed E-state index contributed by atoms with van der Waals surface area (Å²) >= 11 is 1.28. The first-order valence-corrected chi connectivity index (χ1v) is 7.10. The number of rotatable bonds is 2. The van der Waals surface area contributed by atoms with Crippen LogP contribution in [0.5, 0.6) is 0 Å². The summed E-state index contributed by atoms with van der Waals surface area (Å²) in [6, 6.07) is 9.59. The van der Waals surface area contributed by atoms with E-state index in [1.165, 1.54) is 23.5 Å². The van der Waals surface area contributed by atoms with Gasteiger partial charge in [0.1, 0.15) is 5.01 Å². The summed E-state index contributed by atoms with van der Waals surface area (Å²) in [5.74, 6) is 0. The molecule has 1 aromatic heterocycles. The van der Waals surface area contributed by atoms with Crippen LogP contribution in [0.3, 0.4) is 0 Å². The van der Waals surface area contributed by atoms with Gasteiger partial charge < -0.3 is 10.2 Å². The largest absolute Gasteiger partial charge is 0.416 e. The van der Waals surface area contributed by atoms with Crippen LogP contribution in [-0.4, -0.2) is 15.2 Å². The van der Waals surface area contributed by atoms with Crippen molar-refractivity contribution in [2.75, 3.05) is 0 Å². The zero-order chi connectivity index (χ0) is 15.9. The van der Waals surface area contributed by atoms with Gasteiger partial charge >= 0.3 is 6.18 Å². The number of fused-ring (bicyclic) bond motifs is 1. The fourth-order valence-corrected chi connectivity index (χ4v) is 3.05. The Kier molecular flexibility index (Phi) is 3.64. The molecule has 0 fully saturated rings. The molecule has 7 heteroatoms. The Balaban J connectivity index is 1.99. The fraction of sp³-hybridized carbons (Fsp3) is 0.133. The Labute approximate surface area is 127 Å². The van der Waals surface area contributed by atoms with Gasteiger partial charge in [-0.2, -0.15) is 13.2 Å². The lowest BCUT2D eigenvalue weighted by molar-refractivity contribution is -0.137. The van der Waals surface area contributed by atoms with Crippen LogP contribution in [0.2, 0.25) is 0 Å². The van der Waals surface area contributed by atoms with Crippen LogP contribution in [-0.2, 0) is 6.18 Å². The SMILES string of the molecule is OC(O)c1ccc2nc(-c3ccc(C(F)(F)F)cc3)sc2c1. The van der Waals surface area contributed by atoms with Gasteiger partial charge in [0.05, 0.1) is 15.8 Å². The van der Waals surface area contributed by atoms with Crippen molar-refractivity contribution in [1.82, 2.24) is 4.98 Å². The van der Waals surface area contributed by atoms with E-state index in [0.29, 0.717) is 21.7 Å². The van der Waals surface area contributed by atoms with Crippen LogP contribution in [0, 0.1) is 0 Å². The van der Waals surface area contributed by atoms with Gasteiger partial charge in [0.15, 0.2) is 6.29 Å². The highest BCUT2D eigenvalue weighted by Gasteiger charge is 2.30. The standard InChI is InChI=1S/C15H10F3NO2S/c16-15(17,18)10-4-1-8(2-5-10)13-19-11-6-3-9(14(20)21)7-12(11)22-13/h1-7,14,20-21H. The monoisotopic (exact) mass is 325 g/mol. The van der Waals surface area contributed by atoms with E-state index in [1.54, 1.807) is 18.2 Å². The van der Waals surface area contributed by atoms with E-state index < -0.39 is 18.0 Å². The number of thiazole rings is 1. The second kappa shape index (κ2) is 5.35. The van der Waals surface area contributed by atoms with Gasteiger partial charge in [-0.1, -0.05) is 18.2 Å². The molecule has 0 spiro atoms. The van der Waals surface area contributed by atoms with E-state index >= 15 is 0 Å². The molecular weight excluding hydrogens is 315 g/mol. The maximum Gasteiger partial charge on any atom is 0.416 e. The van der Waals surface area contributed by atoms with E-state index in [2.05, 4.69) is 4.98 Å². The normalized spacial score (nSPS) is 12.3. The average Bonchev–Trinajstić information content (AvgIpc) is 2.89. The molecule has 0 aliphatic heterocycles. The molecule has 22 heavy (non-hydrogen) atoms. The summed E-state index contributed by atoms with van der Waals surface area (Å²) in [6.45, 7) is 0. The van der Waals surface area contributed by atoms with Crippen LogP contribution in [0.1, 0.15) is 17.4 Å².